The highest BCUT2D eigenvalue weighted by Gasteiger charge is 2.16. The molecule has 1 aromatic rings. The van der Waals surface area contributed by atoms with Crippen molar-refractivity contribution in [3.63, 3.8) is 0 Å². The van der Waals surface area contributed by atoms with Gasteiger partial charge >= 0.3 is 0 Å². The van der Waals surface area contributed by atoms with Gasteiger partial charge in [0.15, 0.2) is 0 Å². The lowest BCUT2D eigenvalue weighted by atomic mass is 10.2. The number of benzene rings is 1. The first-order chi connectivity index (χ1) is 8.29. The van der Waals surface area contributed by atoms with Crippen molar-refractivity contribution in [1.82, 2.24) is 4.90 Å². The fourth-order valence-corrected chi connectivity index (χ4v) is 2.39. The molecule has 94 valence electrons. The second-order valence-corrected chi connectivity index (χ2v) is 5.10. The minimum Gasteiger partial charge on any atom is -0.369 e. The van der Waals surface area contributed by atoms with Gasteiger partial charge in [0.25, 0.3) is 0 Å². The molecule has 2 nitrogen and oxygen atoms in total. The van der Waals surface area contributed by atoms with Gasteiger partial charge in [-0.3, -0.25) is 4.90 Å². The largest absolute Gasteiger partial charge is 0.369 e. The van der Waals surface area contributed by atoms with Crippen LogP contribution >= 0.6 is 11.6 Å². The van der Waals surface area contributed by atoms with Crippen molar-refractivity contribution in [1.29, 1.82) is 0 Å². The number of hydrogen-bond donors (Lipinski definition) is 0. The van der Waals surface area contributed by atoms with Gasteiger partial charge in [-0.2, -0.15) is 0 Å². The molecule has 2 rings (SSSR count). The summed E-state index contributed by atoms with van der Waals surface area (Å²) < 4.78 is 0. The van der Waals surface area contributed by atoms with Crippen LogP contribution in [0.1, 0.15) is 19.8 Å². The fourth-order valence-electron chi connectivity index (χ4n) is 2.26. The van der Waals surface area contributed by atoms with Crippen molar-refractivity contribution in [3.05, 3.63) is 29.3 Å². The SMILES string of the molecule is CCCCN1CCN(c2ccc(Cl)cc2)CC1. The highest BCUT2D eigenvalue weighted by molar-refractivity contribution is 6.30. The molecular weight excluding hydrogens is 232 g/mol. The van der Waals surface area contributed by atoms with Gasteiger partial charge in [-0.05, 0) is 37.2 Å². The Labute approximate surface area is 109 Å². The Hall–Kier alpha value is -0.730. The van der Waals surface area contributed by atoms with Crippen molar-refractivity contribution < 1.29 is 0 Å². The topological polar surface area (TPSA) is 6.48 Å². The maximum atomic E-state index is 5.90. The number of halogens is 1. The summed E-state index contributed by atoms with van der Waals surface area (Å²) in [7, 11) is 0. The molecule has 1 heterocycles. The molecule has 1 saturated heterocycles. The van der Waals surface area contributed by atoms with Gasteiger partial charge in [0.1, 0.15) is 0 Å². The van der Waals surface area contributed by atoms with E-state index in [9.17, 15) is 0 Å². The van der Waals surface area contributed by atoms with Crippen LogP contribution in [0, 0.1) is 0 Å². The third kappa shape index (κ3) is 3.62. The van der Waals surface area contributed by atoms with E-state index in [4.69, 9.17) is 11.6 Å². The van der Waals surface area contributed by atoms with E-state index in [1.54, 1.807) is 0 Å². The van der Waals surface area contributed by atoms with Crippen LogP contribution in [0.25, 0.3) is 0 Å². The molecule has 0 aliphatic carbocycles. The van der Waals surface area contributed by atoms with Crippen molar-refractivity contribution in [2.24, 2.45) is 0 Å². The molecule has 1 aliphatic heterocycles. The summed E-state index contributed by atoms with van der Waals surface area (Å²) in [5.41, 5.74) is 1.30. The first-order valence-electron chi connectivity index (χ1n) is 6.52. The van der Waals surface area contributed by atoms with E-state index in [0.717, 1.165) is 18.1 Å². The summed E-state index contributed by atoms with van der Waals surface area (Å²) >= 11 is 5.90. The molecule has 1 aromatic carbocycles. The third-order valence-corrected chi connectivity index (χ3v) is 3.64. The van der Waals surface area contributed by atoms with Crippen LogP contribution in [-0.2, 0) is 0 Å². The average Bonchev–Trinajstić information content (AvgIpc) is 2.38. The third-order valence-electron chi connectivity index (χ3n) is 3.39. The minimum absolute atomic E-state index is 0.815. The Morgan fingerprint density at radius 1 is 1.06 bits per heavy atom. The molecule has 0 aromatic heterocycles. The van der Waals surface area contributed by atoms with E-state index < -0.39 is 0 Å². The standard InChI is InChI=1S/C14H21ClN2/c1-2-3-8-16-9-11-17(12-10-16)14-6-4-13(15)5-7-14/h4-7H,2-3,8-12H2,1H3. The molecule has 3 heteroatoms. The maximum Gasteiger partial charge on any atom is 0.0407 e. The number of rotatable bonds is 4. The number of hydrogen-bond acceptors (Lipinski definition) is 2. The van der Waals surface area contributed by atoms with Gasteiger partial charge in [-0.15, -0.1) is 0 Å². The normalized spacial score (nSPS) is 17.4. The highest BCUT2D eigenvalue weighted by Crippen LogP contribution is 2.19. The molecular formula is C14H21ClN2. The van der Waals surface area contributed by atoms with E-state index in [2.05, 4.69) is 28.9 Å². The molecule has 0 atom stereocenters. The summed E-state index contributed by atoms with van der Waals surface area (Å²) in [5.74, 6) is 0. The molecule has 0 unspecified atom stereocenters. The number of anilines is 1. The van der Waals surface area contributed by atoms with Crippen molar-refractivity contribution >= 4 is 17.3 Å². The average molecular weight is 253 g/mol. The summed E-state index contributed by atoms with van der Waals surface area (Å²) in [4.78, 5) is 5.01. The lowest BCUT2D eigenvalue weighted by Crippen LogP contribution is -2.46. The van der Waals surface area contributed by atoms with Gasteiger partial charge in [-0.25, -0.2) is 0 Å². The molecule has 0 saturated carbocycles. The zero-order chi connectivity index (χ0) is 12.1. The predicted octanol–water partition coefficient (Wildman–Crippen LogP) is 3.26. The number of unbranched alkanes of at least 4 members (excludes halogenated alkanes) is 1. The molecule has 0 radical (unpaired) electrons. The molecule has 0 amide bonds. The predicted molar refractivity (Wildman–Crippen MR) is 75.0 cm³/mol. The fraction of sp³-hybridized carbons (Fsp3) is 0.571. The first kappa shape index (κ1) is 12.7. The highest BCUT2D eigenvalue weighted by atomic mass is 35.5. The smallest absolute Gasteiger partial charge is 0.0407 e. The van der Waals surface area contributed by atoms with E-state index in [-0.39, 0.29) is 0 Å². The van der Waals surface area contributed by atoms with Crippen LogP contribution in [0.4, 0.5) is 5.69 Å². The van der Waals surface area contributed by atoms with Crippen molar-refractivity contribution in [2.75, 3.05) is 37.6 Å². The van der Waals surface area contributed by atoms with Crippen LogP contribution in [0.5, 0.6) is 0 Å². The van der Waals surface area contributed by atoms with E-state index in [1.165, 1.54) is 38.2 Å². The van der Waals surface area contributed by atoms with E-state index in [0.29, 0.717) is 0 Å². The van der Waals surface area contributed by atoms with Crippen LogP contribution in [0.15, 0.2) is 24.3 Å². The van der Waals surface area contributed by atoms with E-state index >= 15 is 0 Å². The second-order valence-electron chi connectivity index (χ2n) is 4.66. The molecule has 17 heavy (non-hydrogen) atoms. The molecule has 1 fully saturated rings. The van der Waals surface area contributed by atoms with Gasteiger partial charge < -0.3 is 4.90 Å². The Balaban J connectivity index is 1.84. The van der Waals surface area contributed by atoms with Gasteiger partial charge in [-0.1, -0.05) is 24.9 Å². The van der Waals surface area contributed by atoms with Crippen LogP contribution in [0.2, 0.25) is 5.02 Å². The zero-order valence-electron chi connectivity index (χ0n) is 10.5. The first-order valence-corrected chi connectivity index (χ1v) is 6.90. The Kier molecular flexibility index (Phi) is 4.69. The summed E-state index contributed by atoms with van der Waals surface area (Å²) in [6, 6.07) is 8.18. The lowest BCUT2D eigenvalue weighted by molar-refractivity contribution is 0.254. The summed E-state index contributed by atoms with van der Waals surface area (Å²) in [5, 5.41) is 0.815. The van der Waals surface area contributed by atoms with Gasteiger partial charge in [0.2, 0.25) is 0 Å². The molecule has 1 aliphatic rings. The van der Waals surface area contributed by atoms with Crippen LogP contribution in [0.3, 0.4) is 0 Å². The van der Waals surface area contributed by atoms with Crippen LogP contribution in [-0.4, -0.2) is 37.6 Å². The maximum absolute atomic E-state index is 5.90. The Bertz CT molecular complexity index is 329. The van der Waals surface area contributed by atoms with Gasteiger partial charge in [0, 0.05) is 36.9 Å². The minimum atomic E-state index is 0.815. The Morgan fingerprint density at radius 3 is 2.29 bits per heavy atom. The van der Waals surface area contributed by atoms with Crippen molar-refractivity contribution in [2.45, 2.75) is 19.8 Å². The Morgan fingerprint density at radius 2 is 1.71 bits per heavy atom. The number of piperazine rings is 1. The molecule has 0 N–H and O–H groups in total. The quantitative estimate of drug-likeness (QED) is 0.812. The summed E-state index contributed by atoms with van der Waals surface area (Å²) in [6.07, 6.45) is 2.61. The number of nitrogens with zero attached hydrogens (tertiary/aromatic N) is 2. The summed E-state index contributed by atoms with van der Waals surface area (Å²) in [6.45, 7) is 8.14. The van der Waals surface area contributed by atoms with Gasteiger partial charge in [0.05, 0.1) is 0 Å². The zero-order valence-corrected chi connectivity index (χ0v) is 11.3. The van der Waals surface area contributed by atoms with Crippen molar-refractivity contribution in [3.8, 4) is 0 Å². The lowest BCUT2D eigenvalue weighted by Gasteiger charge is -2.36. The van der Waals surface area contributed by atoms with E-state index in [1.807, 2.05) is 12.1 Å². The molecule has 0 bridgehead atoms. The van der Waals surface area contributed by atoms with Crippen LogP contribution < -0.4 is 4.90 Å². The second kappa shape index (κ2) is 6.27. The monoisotopic (exact) mass is 252 g/mol. The molecule has 0 spiro atoms.